The molecule has 3 rings (SSSR count). The van der Waals surface area contributed by atoms with Gasteiger partial charge in [0.05, 0.1) is 0 Å². The van der Waals surface area contributed by atoms with Crippen LogP contribution in [0.15, 0.2) is 36.5 Å². The van der Waals surface area contributed by atoms with E-state index in [4.69, 9.17) is 4.98 Å². The molecular weight excluding hydrogens is 310 g/mol. The van der Waals surface area contributed by atoms with Crippen LogP contribution in [-0.4, -0.2) is 47.6 Å². The van der Waals surface area contributed by atoms with Gasteiger partial charge >= 0.3 is 0 Å². The number of para-hydroxylation sites is 1. The second-order valence-electron chi connectivity index (χ2n) is 7.58. The molecule has 0 amide bonds. The molecule has 5 nitrogen and oxygen atoms in total. The van der Waals surface area contributed by atoms with E-state index in [9.17, 15) is 0 Å². The smallest absolute Gasteiger partial charge is 0.227 e. The van der Waals surface area contributed by atoms with Crippen molar-refractivity contribution in [3.05, 3.63) is 42.1 Å². The molecule has 25 heavy (non-hydrogen) atoms. The molecule has 0 bridgehead atoms. The number of anilines is 3. The third-order valence-corrected chi connectivity index (χ3v) is 4.74. The molecule has 1 aliphatic heterocycles. The van der Waals surface area contributed by atoms with Gasteiger partial charge in [-0.25, -0.2) is 4.98 Å². The van der Waals surface area contributed by atoms with Crippen molar-refractivity contribution in [2.75, 3.05) is 42.9 Å². The monoisotopic (exact) mass is 339 g/mol. The third kappa shape index (κ3) is 4.28. The largest absolute Gasteiger partial charge is 0.340 e. The molecular formula is C20H29N5. The number of nitrogens with zero attached hydrogens (tertiary/aromatic N) is 4. The van der Waals surface area contributed by atoms with Crippen LogP contribution in [0.25, 0.3) is 0 Å². The Hall–Kier alpha value is -2.14. The summed E-state index contributed by atoms with van der Waals surface area (Å²) < 4.78 is 0. The van der Waals surface area contributed by atoms with Crippen LogP contribution in [0.5, 0.6) is 0 Å². The number of nitrogens with one attached hydrogen (secondary N) is 1. The minimum atomic E-state index is 0.0793. The van der Waals surface area contributed by atoms with E-state index < -0.39 is 0 Å². The summed E-state index contributed by atoms with van der Waals surface area (Å²) in [6.45, 7) is 14.1. The Bertz CT molecular complexity index is 699. The summed E-state index contributed by atoms with van der Waals surface area (Å²) in [6, 6.07) is 10.4. The van der Waals surface area contributed by atoms with E-state index in [1.807, 2.05) is 12.3 Å². The zero-order valence-electron chi connectivity index (χ0n) is 15.8. The van der Waals surface area contributed by atoms with Crippen molar-refractivity contribution in [1.29, 1.82) is 0 Å². The second-order valence-corrected chi connectivity index (χ2v) is 7.58. The molecule has 1 aromatic heterocycles. The zero-order valence-corrected chi connectivity index (χ0v) is 15.8. The van der Waals surface area contributed by atoms with Gasteiger partial charge < -0.3 is 15.1 Å². The number of hydrogen-bond acceptors (Lipinski definition) is 5. The van der Waals surface area contributed by atoms with Gasteiger partial charge in [-0.05, 0) is 29.7 Å². The van der Waals surface area contributed by atoms with E-state index in [1.165, 1.54) is 5.56 Å². The van der Waals surface area contributed by atoms with E-state index >= 15 is 0 Å². The van der Waals surface area contributed by atoms with Crippen LogP contribution < -0.4 is 10.2 Å². The molecule has 5 heteroatoms. The Balaban J connectivity index is 1.77. The van der Waals surface area contributed by atoms with E-state index in [0.29, 0.717) is 0 Å². The predicted molar refractivity (Wildman–Crippen MR) is 105 cm³/mol. The molecule has 1 saturated heterocycles. The standard InChI is InChI=1S/C20H29N5/c1-5-24-12-14-25(15-13-24)19-21-11-10-18(23-19)22-17-9-7-6-8-16(17)20(2,3)4/h6-11H,5,12-15H2,1-4H3,(H,21,22,23). The molecule has 0 saturated carbocycles. The lowest BCUT2D eigenvalue weighted by atomic mass is 9.86. The Morgan fingerprint density at radius 2 is 1.76 bits per heavy atom. The molecule has 1 N–H and O–H groups in total. The Morgan fingerprint density at radius 3 is 2.44 bits per heavy atom. The molecule has 0 atom stereocenters. The fourth-order valence-electron chi connectivity index (χ4n) is 3.22. The average molecular weight is 339 g/mol. The van der Waals surface area contributed by atoms with Crippen LogP contribution >= 0.6 is 0 Å². The van der Waals surface area contributed by atoms with E-state index in [1.54, 1.807) is 0 Å². The van der Waals surface area contributed by atoms with Gasteiger partial charge in [0.25, 0.3) is 0 Å². The zero-order chi connectivity index (χ0) is 17.9. The van der Waals surface area contributed by atoms with Crippen molar-refractivity contribution >= 4 is 17.5 Å². The van der Waals surface area contributed by atoms with Crippen LogP contribution in [0.3, 0.4) is 0 Å². The molecule has 0 spiro atoms. The van der Waals surface area contributed by atoms with Crippen LogP contribution in [0.1, 0.15) is 33.3 Å². The molecule has 1 aromatic carbocycles. The van der Waals surface area contributed by atoms with Crippen molar-refractivity contribution in [3.8, 4) is 0 Å². The van der Waals surface area contributed by atoms with Crippen molar-refractivity contribution in [3.63, 3.8) is 0 Å². The lowest BCUT2D eigenvalue weighted by Gasteiger charge is -2.34. The summed E-state index contributed by atoms with van der Waals surface area (Å²) in [4.78, 5) is 14.0. The quantitative estimate of drug-likeness (QED) is 0.921. The van der Waals surface area contributed by atoms with Crippen LogP contribution in [0, 0.1) is 0 Å². The highest BCUT2D eigenvalue weighted by atomic mass is 15.3. The number of piperazine rings is 1. The van der Waals surface area contributed by atoms with Crippen molar-refractivity contribution in [1.82, 2.24) is 14.9 Å². The molecule has 0 aliphatic carbocycles. The van der Waals surface area contributed by atoms with Crippen LogP contribution in [-0.2, 0) is 5.41 Å². The summed E-state index contributed by atoms with van der Waals surface area (Å²) in [5.41, 5.74) is 2.47. The van der Waals surface area contributed by atoms with Gasteiger partial charge in [0.1, 0.15) is 5.82 Å². The molecule has 2 heterocycles. The van der Waals surface area contributed by atoms with Gasteiger partial charge in [-0.1, -0.05) is 45.9 Å². The van der Waals surface area contributed by atoms with Gasteiger partial charge in [0, 0.05) is 38.1 Å². The highest BCUT2D eigenvalue weighted by molar-refractivity contribution is 5.62. The fourth-order valence-corrected chi connectivity index (χ4v) is 3.22. The maximum Gasteiger partial charge on any atom is 0.227 e. The Morgan fingerprint density at radius 1 is 1.04 bits per heavy atom. The summed E-state index contributed by atoms with van der Waals surface area (Å²) in [5.74, 6) is 1.66. The topological polar surface area (TPSA) is 44.3 Å². The second kappa shape index (κ2) is 7.40. The summed E-state index contributed by atoms with van der Waals surface area (Å²) in [6.07, 6.45) is 1.84. The molecule has 0 radical (unpaired) electrons. The van der Waals surface area contributed by atoms with Crippen LogP contribution in [0.2, 0.25) is 0 Å². The number of likely N-dealkylation sites (N-methyl/N-ethyl adjacent to an activating group) is 1. The predicted octanol–water partition coefficient (Wildman–Crippen LogP) is 3.66. The number of aromatic nitrogens is 2. The van der Waals surface area contributed by atoms with Crippen molar-refractivity contribution in [2.24, 2.45) is 0 Å². The summed E-state index contributed by atoms with van der Waals surface area (Å²) in [5, 5.41) is 3.49. The Labute approximate surface area is 151 Å². The highest BCUT2D eigenvalue weighted by Crippen LogP contribution is 2.31. The first kappa shape index (κ1) is 17.7. The van der Waals surface area contributed by atoms with Gasteiger partial charge in [-0.3, -0.25) is 0 Å². The lowest BCUT2D eigenvalue weighted by Crippen LogP contribution is -2.46. The maximum atomic E-state index is 4.75. The number of rotatable bonds is 4. The van der Waals surface area contributed by atoms with E-state index in [0.717, 1.165) is 50.2 Å². The molecule has 134 valence electrons. The average Bonchev–Trinajstić information content (AvgIpc) is 2.62. The van der Waals surface area contributed by atoms with Gasteiger partial charge in [-0.2, -0.15) is 4.98 Å². The molecule has 1 fully saturated rings. The van der Waals surface area contributed by atoms with Crippen molar-refractivity contribution < 1.29 is 0 Å². The third-order valence-electron chi connectivity index (χ3n) is 4.74. The van der Waals surface area contributed by atoms with Gasteiger partial charge in [-0.15, -0.1) is 0 Å². The minimum absolute atomic E-state index is 0.0793. The number of hydrogen-bond donors (Lipinski definition) is 1. The minimum Gasteiger partial charge on any atom is -0.340 e. The first-order valence-corrected chi connectivity index (χ1v) is 9.14. The SMILES string of the molecule is CCN1CCN(c2nccc(Nc3ccccc3C(C)(C)C)n2)CC1. The maximum absolute atomic E-state index is 4.75. The van der Waals surface area contributed by atoms with Gasteiger partial charge in [0.2, 0.25) is 5.95 Å². The lowest BCUT2D eigenvalue weighted by molar-refractivity contribution is 0.270. The first-order chi connectivity index (χ1) is 12.0. The summed E-state index contributed by atoms with van der Waals surface area (Å²) in [7, 11) is 0. The normalized spacial score (nSPS) is 16.1. The molecule has 2 aromatic rings. The first-order valence-electron chi connectivity index (χ1n) is 9.14. The highest BCUT2D eigenvalue weighted by Gasteiger charge is 2.19. The molecule has 1 aliphatic rings. The Kier molecular flexibility index (Phi) is 5.23. The summed E-state index contributed by atoms with van der Waals surface area (Å²) >= 11 is 0. The van der Waals surface area contributed by atoms with E-state index in [-0.39, 0.29) is 5.41 Å². The van der Waals surface area contributed by atoms with Crippen LogP contribution in [0.4, 0.5) is 17.5 Å². The molecule has 0 unspecified atom stereocenters. The van der Waals surface area contributed by atoms with E-state index in [2.05, 4.69) is 72.1 Å². The fraction of sp³-hybridized carbons (Fsp3) is 0.500. The van der Waals surface area contributed by atoms with Crippen molar-refractivity contribution in [2.45, 2.75) is 33.1 Å². The van der Waals surface area contributed by atoms with Gasteiger partial charge in [0.15, 0.2) is 0 Å². The number of benzene rings is 1.